The average Bonchev–Trinajstić information content (AvgIpc) is 3.36. The lowest BCUT2D eigenvalue weighted by atomic mass is 9.76. The van der Waals surface area contributed by atoms with Crippen LogP contribution in [0.4, 0.5) is 10.2 Å². The fourth-order valence-electron chi connectivity index (χ4n) is 6.20. The van der Waals surface area contributed by atoms with E-state index in [2.05, 4.69) is 38.8 Å². The normalized spacial score (nSPS) is 17.1. The van der Waals surface area contributed by atoms with Crippen LogP contribution in [0.25, 0.3) is 0 Å². The number of likely N-dealkylation sites (tertiary alicyclic amines) is 1. The molecule has 1 atom stereocenters. The number of carbonyl (C=O) groups excluding carboxylic acids is 2. The van der Waals surface area contributed by atoms with Gasteiger partial charge in [-0.2, -0.15) is 0 Å². The van der Waals surface area contributed by atoms with E-state index >= 15 is 0 Å². The van der Waals surface area contributed by atoms with Gasteiger partial charge in [-0.15, -0.1) is 10.2 Å². The van der Waals surface area contributed by atoms with Crippen LogP contribution in [-0.2, 0) is 4.79 Å². The molecule has 2 aliphatic heterocycles. The Morgan fingerprint density at radius 2 is 2.00 bits per heavy atom. The summed E-state index contributed by atoms with van der Waals surface area (Å²) in [6, 6.07) is 2.44. The Balaban J connectivity index is 1.59. The van der Waals surface area contributed by atoms with Gasteiger partial charge in [0.25, 0.3) is 18.3 Å². The van der Waals surface area contributed by atoms with E-state index in [-0.39, 0.29) is 40.9 Å². The minimum atomic E-state index is -0.739. The predicted octanol–water partition coefficient (Wildman–Crippen LogP) is 3.48. The molecule has 41 heavy (non-hydrogen) atoms. The summed E-state index contributed by atoms with van der Waals surface area (Å²) in [5, 5.41) is 8.08. The third-order valence-electron chi connectivity index (χ3n) is 8.18. The number of rotatable bonds is 13. The number of carbonyl (C=O) groups is 2. The van der Waals surface area contributed by atoms with E-state index in [1.54, 1.807) is 4.90 Å². The molecule has 1 aromatic heterocycles. The van der Waals surface area contributed by atoms with Crippen LogP contribution in [0.3, 0.4) is 0 Å². The van der Waals surface area contributed by atoms with Gasteiger partial charge in [-0.3, -0.25) is 14.5 Å². The molecule has 2 aromatic rings. The first-order valence-corrected chi connectivity index (χ1v) is 14.4. The third kappa shape index (κ3) is 6.59. The smallest absolute Gasteiger partial charge is 0.298 e. The second-order valence-electron chi connectivity index (χ2n) is 11.7. The van der Waals surface area contributed by atoms with E-state index in [9.17, 15) is 14.0 Å². The molecule has 11 nitrogen and oxygen atoms in total. The lowest BCUT2D eigenvalue weighted by Gasteiger charge is -2.53. The minimum Gasteiger partial charge on any atom is -0.430 e. The number of anilines is 1. The second-order valence-corrected chi connectivity index (χ2v) is 11.7. The number of nitrogens with two attached hydrogens (primary N) is 1. The molecule has 224 valence electrons. The van der Waals surface area contributed by atoms with E-state index in [0.29, 0.717) is 30.9 Å². The van der Waals surface area contributed by atoms with Crippen molar-refractivity contribution >= 4 is 18.2 Å². The fourth-order valence-corrected chi connectivity index (χ4v) is 6.20. The molecule has 0 unspecified atom stereocenters. The molecule has 2 saturated heterocycles. The molecule has 1 spiro atoms. The van der Waals surface area contributed by atoms with Crippen LogP contribution < -0.4 is 20.1 Å². The molecule has 1 amide bonds. The number of hydrogen-bond donors (Lipinski definition) is 1. The van der Waals surface area contributed by atoms with Crippen molar-refractivity contribution < 1.29 is 23.5 Å². The Labute approximate surface area is 241 Å². The predicted molar refractivity (Wildman–Crippen MR) is 153 cm³/mol. The zero-order chi connectivity index (χ0) is 29.7. The first-order valence-electron chi connectivity index (χ1n) is 14.4. The summed E-state index contributed by atoms with van der Waals surface area (Å²) >= 11 is 0. The summed E-state index contributed by atoms with van der Waals surface area (Å²) < 4.78 is 25.8. The van der Waals surface area contributed by atoms with Crippen LogP contribution in [0.5, 0.6) is 17.4 Å². The number of nitrogens with zero attached hydrogens (tertiary/aromatic N) is 6. The topological polar surface area (TPSA) is 127 Å². The summed E-state index contributed by atoms with van der Waals surface area (Å²) in [5.41, 5.74) is 5.83. The maximum absolute atomic E-state index is 14.6. The van der Waals surface area contributed by atoms with Gasteiger partial charge in [0.15, 0.2) is 17.3 Å². The minimum absolute atomic E-state index is 0.0488. The molecule has 0 saturated carbocycles. The Morgan fingerprint density at radius 1 is 1.24 bits per heavy atom. The van der Waals surface area contributed by atoms with E-state index < -0.39 is 11.7 Å². The van der Waals surface area contributed by atoms with Gasteiger partial charge in [0.2, 0.25) is 0 Å². The van der Waals surface area contributed by atoms with E-state index in [1.165, 1.54) is 6.33 Å². The molecule has 0 radical (unpaired) electrons. The Bertz CT molecular complexity index is 1220. The molecule has 2 N–H and O–H groups in total. The second kappa shape index (κ2) is 13.1. The summed E-state index contributed by atoms with van der Waals surface area (Å²) in [6.07, 6.45) is 4.45. The van der Waals surface area contributed by atoms with Gasteiger partial charge in [-0.1, -0.05) is 13.8 Å². The molecule has 2 fully saturated rings. The average molecular weight is 572 g/mol. The largest absolute Gasteiger partial charge is 0.430 e. The van der Waals surface area contributed by atoms with Crippen molar-refractivity contribution in [3.8, 4) is 17.4 Å². The molecule has 12 heteroatoms. The van der Waals surface area contributed by atoms with Gasteiger partial charge in [0, 0.05) is 56.3 Å². The van der Waals surface area contributed by atoms with Crippen molar-refractivity contribution in [3.05, 3.63) is 29.8 Å². The highest BCUT2D eigenvalue weighted by molar-refractivity contribution is 5.98. The zero-order valence-corrected chi connectivity index (χ0v) is 24.7. The molecule has 0 aliphatic carbocycles. The highest BCUT2D eigenvalue weighted by Crippen LogP contribution is 2.45. The standard InChI is InChI=1S/C29H42FN7O4/c1-6-37(20(4)5)28(39)22-12-21(30)13-24(40-18-38)25(22)41-27-26(32-17-33-34-27)35-11-9-29(14-35)15-36(16-29)23(19(2)3)8-7-10-31/h12-13,17-20,23H,6-11,14-16,31H2,1-5H3/t23-/m1/s1. The Kier molecular flexibility index (Phi) is 9.75. The lowest BCUT2D eigenvalue weighted by molar-refractivity contribution is -0.120. The lowest BCUT2D eigenvalue weighted by Crippen LogP contribution is -2.62. The number of hydrogen-bond acceptors (Lipinski definition) is 10. The van der Waals surface area contributed by atoms with Crippen molar-refractivity contribution in [2.24, 2.45) is 17.1 Å². The third-order valence-corrected chi connectivity index (χ3v) is 8.18. The fraction of sp³-hybridized carbons (Fsp3) is 0.621. The van der Waals surface area contributed by atoms with Crippen LogP contribution in [0.15, 0.2) is 18.5 Å². The van der Waals surface area contributed by atoms with Crippen molar-refractivity contribution in [2.45, 2.75) is 66.0 Å². The molecule has 3 heterocycles. The maximum Gasteiger partial charge on any atom is 0.298 e. The SMILES string of the molecule is CCN(C(=O)c1cc(F)cc(OC=O)c1Oc1nncnc1N1CCC2(C1)CN([C@H](CCCN)C(C)C)C2)C(C)C. The highest BCUT2D eigenvalue weighted by Gasteiger charge is 2.50. The van der Waals surface area contributed by atoms with Crippen molar-refractivity contribution in [1.29, 1.82) is 0 Å². The van der Waals surface area contributed by atoms with Gasteiger partial charge in [-0.25, -0.2) is 9.37 Å². The number of amides is 1. The summed E-state index contributed by atoms with van der Waals surface area (Å²) in [7, 11) is 0. The van der Waals surface area contributed by atoms with Gasteiger partial charge in [0.1, 0.15) is 12.1 Å². The van der Waals surface area contributed by atoms with Crippen LogP contribution in [-0.4, -0.2) is 88.7 Å². The van der Waals surface area contributed by atoms with Gasteiger partial charge >= 0.3 is 0 Å². The monoisotopic (exact) mass is 571 g/mol. The van der Waals surface area contributed by atoms with Crippen molar-refractivity contribution in [3.63, 3.8) is 0 Å². The van der Waals surface area contributed by atoms with Gasteiger partial charge < -0.3 is 25.0 Å². The summed E-state index contributed by atoms with van der Waals surface area (Å²) in [4.78, 5) is 35.5. The molecule has 0 bridgehead atoms. The van der Waals surface area contributed by atoms with Crippen LogP contribution >= 0.6 is 0 Å². The van der Waals surface area contributed by atoms with E-state index in [4.69, 9.17) is 15.2 Å². The number of ether oxygens (including phenoxy) is 2. The zero-order valence-electron chi connectivity index (χ0n) is 24.7. The van der Waals surface area contributed by atoms with Crippen LogP contribution in [0, 0.1) is 17.2 Å². The molecular weight excluding hydrogens is 529 g/mol. The Morgan fingerprint density at radius 3 is 2.63 bits per heavy atom. The maximum atomic E-state index is 14.6. The van der Waals surface area contributed by atoms with Crippen molar-refractivity contribution in [2.75, 3.05) is 44.2 Å². The Hall–Kier alpha value is -3.38. The summed E-state index contributed by atoms with van der Waals surface area (Å²) in [6.45, 7) is 14.9. The summed E-state index contributed by atoms with van der Waals surface area (Å²) in [5.74, 6) is -0.481. The molecule has 2 aliphatic rings. The number of aromatic nitrogens is 3. The van der Waals surface area contributed by atoms with E-state index in [0.717, 1.165) is 57.6 Å². The highest BCUT2D eigenvalue weighted by atomic mass is 19.1. The van der Waals surface area contributed by atoms with Crippen molar-refractivity contribution in [1.82, 2.24) is 25.0 Å². The first-order chi connectivity index (χ1) is 19.6. The van der Waals surface area contributed by atoms with E-state index in [1.807, 2.05) is 20.8 Å². The number of halogens is 1. The number of benzene rings is 1. The van der Waals surface area contributed by atoms with Gasteiger partial charge in [-0.05, 0) is 58.6 Å². The first kappa shape index (κ1) is 30.6. The van der Waals surface area contributed by atoms with Gasteiger partial charge in [0.05, 0.1) is 5.56 Å². The molecule has 4 rings (SSSR count). The molecule has 1 aromatic carbocycles. The van der Waals surface area contributed by atoms with Crippen LogP contribution in [0.1, 0.15) is 64.2 Å². The van der Waals surface area contributed by atoms with Crippen LogP contribution in [0.2, 0.25) is 0 Å². The quantitative estimate of drug-likeness (QED) is 0.357. The molecular formula is C29H42FN7O4.